The molecule has 7 heteroatoms. The molecule has 2 aromatic rings. The average Bonchev–Trinajstić information content (AvgIpc) is 2.79. The van der Waals surface area contributed by atoms with Crippen LogP contribution in [0, 0.1) is 11.3 Å². The Bertz CT molecular complexity index is 930. The van der Waals surface area contributed by atoms with Gasteiger partial charge in [-0.1, -0.05) is 12.1 Å². The Morgan fingerprint density at radius 2 is 1.77 bits per heavy atom. The molecule has 0 bridgehead atoms. The van der Waals surface area contributed by atoms with Crippen LogP contribution in [0.4, 0.5) is 5.69 Å². The number of nitrogens with zero attached hydrogens (tertiary/aromatic N) is 1. The predicted molar refractivity (Wildman–Crippen MR) is 112 cm³/mol. The maximum Gasteiger partial charge on any atom is 0.282 e. The number of rotatable bonds is 5. The van der Waals surface area contributed by atoms with Crippen LogP contribution in [0.1, 0.15) is 18.1 Å². The zero-order valence-corrected chi connectivity index (χ0v) is 17.2. The fraction of sp³-hybridized carbons (Fsp3) is 0.391. The van der Waals surface area contributed by atoms with E-state index in [0.717, 1.165) is 44.2 Å². The minimum Gasteiger partial charge on any atom is -0.486 e. The highest BCUT2D eigenvalue weighted by molar-refractivity contribution is 5.93. The van der Waals surface area contributed by atoms with Crippen LogP contribution >= 0.6 is 0 Å². The number of benzene rings is 2. The summed E-state index contributed by atoms with van der Waals surface area (Å²) in [5, 5.41) is 11.9. The summed E-state index contributed by atoms with van der Waals surface area (Å²) < 4.78 is 11.1. The van der Waals surface area contributed by atoms with Gasteiger partial charge >= 0.3 is 0 Å². The van der Waals surface area contributed by atoms with Gasteiger partial charge in [0.15, 0.2) is 17.5 Å². The number of ether oxygens (including phenoxy) is 2. The lowest BCUT2D eigenvalue weighted by Gasteiger charge is -2.32. The van der Waals surface area contributed by atoms with E-state index < -0.39 is 0 Å². The van der Waals surface area contributed by atoms with Gasteiger partial charge in [0.05, 0.1) is 11.6 Å². The van der Waals surface area contributed by atoms with Gasteiger partial charge in [0.1, 0.15) is 45.9 Å². The number of hydrogen-bond acceptors (Lipinski definition) is 4. The number of anilines is 1. The number of quaternary nitrogens is 2. The average molecular weight is 409 g/mol. The SMILES string of the molecule is C[C@@H](C(=O)Nc1ccc2c(c1)OCCO2)[NH+]1CC[NH+](Cc2ccc(C#N)cc2)CC1. The Morgan fingerprint density at radius 1 is 1.07 bits per heavy atom. The molecule has 2 aliphatic heterocycles. The number of carbonyl (C=O) groups excluding carboxylic acids is 1. The van der Waals surface area contributed by atoms with Crippen molar-refractivity contribution in [2.24, 2.45) is 0 Å². The molecule has 2 heterocycles. The van der Waals surface area contributed by atoms with Gasteiger partial charge in [-0.05, 0) is 31.2 Å². The van der Waals surface area contributed by atoms with Gasteiger partial charge in [-0.2, -0.15) is 5.26 Å². The summed E-state index contributed by atoms with van der Waals surface area (Å²) in [7, 11) is 0. The summed E-state index contributed by atoms with van der Waals surface area (Å²) >= 11 is 0. The molecule has 1 saturated heterocycles. The van der Waals surface area contributed by atoms with E-state index >= 15 is 0 Å². The topological polar surface area (TPSA) is 80.2 Å². The molecule has 0 unspecified atom stereocenters. The van der Waals surface area contributed by atoms with Gasteiger partial charge < -0.3 is 24.6 Å². The molecule has 1 fully saturated rings. The molecular formula is C23H28N4O3+2. The molecule has 30 heavy (non-hydrogen) atoms. The highest BCUT2D eigenvalue weighted by Gasteiger charge is 2.31. The van der Waals surface area contributed by atoms with Crippen LogP contribution in [0.2, 0.25) is 0 Å². The lowest BCUT2D eigenvalue weighted by atomic mass is 10.1. The summed E-state index contributed by atoms with van der Waals surface area (Å²) in [6.45, 7) is 8.00. The summed E-state index contributed by atoms with van der Waals surface area (Å²) in [4.78, 5) is 15.6. The van der Waals surface area contributed by atoms with E-state index in [1.165, 1.54) is 15.4 Å². The van der Waals surface area contributed by atoms with Gasteiger partial charge in [-0.15, -0.1) is 0 Å². The van der Waals surface area contributed by atoms with E-state index in [1.54, 1.807) is 0 Å². The molecule has 2 aliphatic rings. The van der Waals surface area contributed by atoms with Gasteiger partial charge in [-0.3, -0.25) is 4.79 Å². The normalized spacial score (nSPS) is 21.3. The molecule has 3 N–H and O–H groups in total. The second-order valence-electron chi connectivity index (χ2n) is 7.96. The van der Waals surface area contributed by atoms with Gasteiger partial charge in [-0.25, -0.2) is 0 Å². The highest BCUT2D eigenvalue weighted by Crippen LogP contribution is 2.32. The van der Waals surface area contributed by atoms with Crippen LogP contribution in [0.5, 0.6) is 11.5 Å². The van der Waals surface area contributed by atoms with Crippen LogP contribution in [-0.4, -0.2) is 51.3 Å². The van der Waals surface area contributed by atoms with E-state index in [9.17, 15) is 4.79 Å². The summed E-state index contributed by atoms with van der Waals surface area (Å²) in [6, 6.07) is 15.4. The molecule has 7 nitrogen and oxygen atoms in total. The number of amides is 1. The molecular weight excluding hydrogens is 380 g/mol. The Hall–Kier alpha value is -3.08. The predicted octanol–water partition coefficient (Wildman–Crippen LogP) is -0.360. The number of nitriles is 1. The van der Waals surface area contributed by atoms with Crippen molar-refractivity contribution >= 4 is 11.6 Å². The lowest BCUT2D eigenvalue weighted by molar-refractivity contribution is -1.02. The van der Waals surface area contributed by atoms with E-state index in [1.807, 2.05) is 49.4 Å². The Balaban J connectivity index is 1.27. The maximum absolute atomic E-state index is 12.8. The largest absolute Gasteiger partial charge is 0.486 e. The highest BCUT2D eigenvalue weighted by atomic mass is 16.6. The maximum atomic E-state index is 12.8. The smallest absolute Gasteiger partial charge is 0.282 e. The zero-order chi connectivity index (χ0) is 20.9. The number of hydrogen-bond donors (Lipinski definition) is 3. The first-order valence-corrected chi connectivity index (χ1v) is 10.5. The van der Waals surface area contributed by atoms with Crippen LogP contribution in [0.25, 0.3) is 0 Å². The number of carbonyl (C=O) groups is 1. The Labute approximate surface area is 176 Å². The van der Waals surface area contributed by atoms with Crippen molar-refractivity contribution in [3.8, 4) is 17.6 Å². The molecule has 1 amide bonds. The number of fused-ring (bicyclic) bond motifs is 1. The molecule has 0 radical (unpaired) electrons. The first-order valence-electron chi connectivity index (χ1n) is 10.5. The summed E-state index contributed by atoms with van der Waals surface area (Å²) in [5.74, 6) is 1.43. The number of piperazine rings is 1. The van der Waals surface area contributed by atoms with Crippen LogP contribution in [-0.2, 0) is 11.3 Å². The summed E-state index contributed by atoms with van der Waals surface area (Å²) in [5.41, 5.74) is 2.68. The monoisotopic (exact) mass is 408 g/mol. The summed E-state index contributed by atoms with van der Waals surface area (Å²) in [6.07, 6.45) is 0. The third-order valence-electron chi connectivity index (χ3n) is 5.95. The van der Waals surface area contributed by atoms with Crippen LogP contribution < -0.4 is 24.6 Å². The van der Waals surface area contributed by atoms with Gasteiger partial charge in [0.25, 0.3) is 5.91 Å². The number of nitrogens with one attached hydrogen (secondary N) is 3. The first kappa shape index (κ1) is 20.2. The fourth-order valence-corrected chi connectivity index (χ4v) is 4.08. The van der Waals surface area contributed by atoms with E-state index in [-0.39, 0.29) is 11.9 Å². The third kappa shape index (κ3) is 4.73. The van der Waals surface area contributed by atoms with Crippen molar-refractivity contribution < 1.29 is 24.1 Å². The second-order valence-corrected chi connectivity index (χ2v) is 7.96. The van der Waals surface area contributed by atoms with E-state index in [2.05, 4.69) is 11.4 Å². The van der Waals surface area contributed by atoms with Crippen LogP contribution in [0.3, 0.4) is 0 Å². The van der Waals surface area contributed by atoms with Gasteiger partial charge in [0.2, 0.25) is 0 Å². The molecule has 1 atom stereocenters. The van der Waals surface area contributed by atoms with Crippen molar-refractivity contribution in [2.75, 3.05) is 44.7 Å². The molecule has 156 valence electrons. The molecule has 0 aliphatic carbocycles. The Morgan fingerprint density at radius 3 is 2.47 bits per heavy atom. The second kappa shape index (κ2) is 9.16. The van der Waals surface area contributed by atoms with E-state index in [0.29, 0.717) is 24.5 Å². The van der Waals surface area contributed by atoms with E-state index in [4.69, 9.17) is 14.7 Å². The van der Waals surface area contributed by atoms with Crippen molar-refractivity contribution in [3.63, 3.8) is 0 Å². The third-order valence-corrected chi connectivity index (χ3v) is 5.95. The molecule has 0 saturated carbocycles. The van der Waals surface area contributed by atoms with Crippen molar-refractivity contribution in [1.29, 1.82) is 5.26 Å². The van der Waals surface area contributed by atoms with Crippen LogP contribution in [0.15, 0.2) is 42.5 Å². The Kier molecular flexibility index (Phi) is 6.17. The van der Waals surface area contributed by atoms with Crippen molar-refractivity contribution in [3.05, 3.63) is 53.6 Å². The first-order chi connectivity index (χ1) is 14.6. The zero-order valence-electron chi connectivity index (χ0n) is 17.2. The van der Waals surface area contributed by atoms with Gasteiger partial charge in [0, 0.05) is 17.3 Å². The lowest BCUT2D eigenvalue weighted by Crippen LogP contribution is -3.29. The molecule has 0 spiro atoms. The fourth-order valence-electron chi connectivity index (χ4n) is 4.08. The van der Waals surface area contributed by atoms with Crippen molar-refractivity contribution in [1.82, 2.24) is 0 Å². The molecule has 0 aromatic heterocycles. The molecule has 4 rings (SSSR count). The minimum absolute atomic E-state index is 0.0252. The minimum atomic E-state index is -0.116. The van der Waals surface area contributed by atoms with Crippen molar-refractivity contribution in [2.45, 2.75) is 19.5 Å². The molecule has 2 aromatic carbocycles. The quantitative estimate of drug-likeness (QED) is 0.631. The standard InChI is InChI=1S/C23H26N4O3/c1-17(23(28)25-20-6-7-21-22(14-20)30-13-12-29-21)27-10-8-26(9-11-27)16-19-4-2-18(15-24)3-5-19/h2-7,14,17H,8-13,16H2,1H3,(H,25,28)/p+2/t17-/m0/s1.